The highest BCUT2D eigenvalue weighted by atomic mass is 79.9. The van der Waals surface area contributed by atoms with E-state index in [1.807, 2.05) is 6.92 Å². The smallest absolute Gasteiger partial charge is 0.321 e. The van der Waals surface area contributed by atoms with Crippen molar-refractivity contribution in [3.63, 3.8) is 0 Å². The number of hydrogen-bond acceptors (Lipinski definition) is 3. The molecule has 0 saturated carbocycles. The average molecular weight is 629 g/mol. The molecule has 0 aromatic carbocycles. The number of carbonyl (C=O) groups is 1. The molecule has 3 nitrogen and oxygen atoms in total. The van der Waals surface area contributed by atoms with Crippen molar-refractivity contribution >= 4 is 23.0 Å². The highest BCUT2D eigenvalue weighted by Crippen LogP contribution is 2.21. The van der Waals surface area contributed by atoms with Gasteiger partial charge < -0.3 is 4.74 Å². The molecule has 0 amide bonds. The normalized spacial score (nSPS) is 12.6. The number of hydrogen-bond donors (Lipinski definition) is 0. The summed E-state index contributed by atoms with van der Waals surface area (Å²) in [5.74, 6) is -0.103. The van der Waals surface area contributed by atoms with Crippen molar-refractivity contribution in [1.82, 2.24) is 4.90 Å². The van der Waals surface area contributed by atoms with Crippen LogP contribution in [0.15, 0.2) is 24.3 Å². The first-order valence-electron chi connectivity index (χ1n) is 17.1. The molecule has 0 aromatic heterocycles. The Morgan fingerprint density at radius 2 is 1.07 bits per heavy atom. The number of halogens is 1. The maximum Gasteiger partial charge on any atom is 0.321 e. The number of esters is 1. The minimum Gasteiger partial charge on any atom is -0.454 e. The van der Waals surface area contributed by atoms with Crippen LogP contribution in [-0.2, 0) is 9.53 Å². The summed E-state index contributed by atoms with van der Waals surface area (Å²) in [6, 6.07) is 0. The largest absolute Gasteiger partial charge is 0.454 e. The number of nitrogens with zero attached hydrogens (tertiary/aromatic N) is 1. The van der Waals surface area contributed by atoms with Gasteiger partial charge in [-0.15, -0.1) is 17.0 Å². The van der Waals surface area contributed by atoms with E-state index in [4.69, 9.17) is 4.74 Å². The molecule has 0 N–H and O–H groups in total. The maximum absolute atomic E-state index is 13.0. The molecule has 238 valence electrons. The van der Waals surface area contributed by atoms with Gasteiger partial charge in [-0.1, -0.05) is 148 Å². The summed E-state index contributed by atoms with van der Waals surface area (Å²) in [4.78, 5) is 15.3. The SMILES string of the molecule is Br.C=CC(C)(CCC=C(C)C)OC(=O)CN(CCCCCCCCCCCC)CCCCCCCCCCCC. The van der Waals surface area contributed by atoms with Crippen LogP contribution in [0.25, 0.3) is 0 Å². The fourth-order valence-electron chi connectivity index (χ4n) is 5.23. The Morgan fingerprint density at radius 3 is 1.43 bits per heavy atom. The summed E-state index contributed by atoms with van der Waals surface area (Å²) >= 11 is 0. The van der Waals surface area contributed by atoms with Crippen LogP contribution in [0.3, 0.4) is 0 Å². The third-order valence-corrected chi connectivity index (χ3v) is 7.98. The fourth-order valence-corrected chi connectivity index (χ4v) is 5.23. The Bertz CT molecular complexity index is 578. The van der Waals surface area contributed by atoms with E-state index >= 15 is 0 Å². The van der Waals surface area contributed by atoms with Crippen LogP contribution in [0.5, 0.6) is 0 Å². The molecule has 0 spiro atoms. The molecule has 0 aromatic rings. The van der Waals surface area contributed by atoms with Gasteiger partial charge in [-0.05, 0) is 65.6 Å². The molecule has 0 aliphatic rings. The van der Waals surface area contributed by atoms with E-state index in [9.17, 15) is 4.79 Å². The first-order valence-corrected chi connectivity index (χ1v) is 17.1. The van der Waals surface area contributed by atoms with Gasteiger partial charge in [-0.2, -0.15) is 0 Å². The average Bonchev–Trinajstić information content (AvgIpc) is 2.90. The van der Waals surface area contributed by atoms with Crippen molar-refractivity contribution < 1.29 is 9.53 Å². The van der Waals surface area contributed by atoms with Gasteiger partial charge in [0.1, 0.15) is 5.60 Å². The van der Waals surface area contributed by atoms with E-state index in [0.29, 0.717) is 6.54 Å². The molecule has 0 aliphatic heterocycles. The Hall–Kier alpha value is -0.610. The maximum atomic E-state index is 13.0. The summed E-state index contributed by atoms with van der Waals surface area (Å²) in [5.41, 5.74) is 0.704. The van der Waals surface area contributed by atoms with Crippen molar-refractivity contribution in [1.29, 1.82) is 0 Å². The first kappa shape index (κ1) is 41.5. The lowest BCUT2D eigenvalue weighted by atomic mass is 9.99. The fraction of sp³-hybridized carbons (Fsp3) is 0.861. The van der Waals surface area contributed by atoms with Crippen molar-refractivity contribution in [2.75, 3.05) is 19.6 Å². The van der Waals surface area contributed by atoms with E-state index in [1.54, 1.807) is 6.08 Å². The molecule has 0 fully saturated rings. The Morgan fingerprint density at radius 1 is 0.700 bits per heavy atom. The van der Waals surface area contributed by atoms with Gasteiger partial charge in [0.15, 0.2) is 0 Å². The lowest BCUT2D eigenvalue weighted by Gasteiger charge is -2.28. The molecule has 4 heteroatoms. The molecule has 0 bridgehead atoms. The van der Waals surface area contributed by atoms with Gasteiger partial charge in [0.05, 0.1) is 6.54 Å². The van der Waals surface area contributed by atoms with Gasteiger partial charge in [0.25, 0.3) is 0 Å². The van der Waals surface area contributed by atoms with Crippen LogP contribution < -0.4 is 0 Å². The van der Waals surface area contributed by atoms with E-state index < -0.39 is 5.60 Å². The molecular formula is C36H70BrNO2. The topological polar surface area (TPSA) is 29.5 Å². The summed E-state index contributed by atoms with van der Waals surface area (Å²) < 4.78 is 5.97. The van der Waals surface area contributed by atoms with Crippen LogP contribution in [0, 0.1) is 0 Å². The Kier molecular flexibility index (Phi) is 31.0. The van der Waals surface area contributed by atoms with Gasteiger partial charge in [0, 0.05) is 0 Å². The van der Waals surface area contributed by atoms with Gasteiger partial charge in [-0.25, -0.2) is 0 Å². The van der Waals surface area contributed by atoms with E-state index in [-0.39, 0.29) is 23.0 Å². The lowest BCUT2D eigenvalue weighted by molar-refractivity contribution is -0.155. The summed E-state index contributed by atoms with van der Waals surface area (Å²) in [6.07, 6.45) is 32.5. The molecule has 40 heavy (non-hydrogen) atoms. The lowest BCUT2D eigenvalue weighted by Crippen LogP contribution is -2.37. The number of allylic oxidation sites excluding steroid dienone is 2. The van der Waals surface area contributed by atoms with E-state index in [0.717, 1.165) is 25.9 Å². The Labute approximate surface area is 262 Å². The predicted molar refractivity (Wildman–Crippen MR) is 184 cm³/mol. The number of unbranched alkanes of at least 4 members (excludes halogenated alkanes) is 18. The second-order valence-corrected chi connectivity index (χ2v) is 12.5. The highest BCUT2D eigenvalue weighted by Gasteiger charge is 2.25. The third-order valence-electron chi connectivity index (χ3n) is 7.98. The second-order valence-electron chi connectivity index (χ2n) is 12.5. The van der Waals surface area contributed by atoms with Gasteiger partial charge >= 0.3 is 5.97 Å². The predicted octanol–water partition coefficient (Wildman–Crippen LogP) is 11.9. The van der Waals surface area contributed by atoms with E-state index in [2.05, 4.69) is 45.2 Å². The summed E-state index contributed by atoms with van der Waals surface area (Å²) in [7, 11) is 0. The zero-order chi connectivity index (χ0) is 29.0. The molecule has 0 radical (unpaired) electrons. The third kappa shape index (κ3) is 27.6. The number of rotatable bonds is 29. The highest BCUT2D eigenvalue weighted by molar-refractivity contribution is 8.93. The second kappa shape index (κ2) is 29.9. The molecule has 0 saturated heterocycles. The first-order chi connectivity index (χ1) is 18.9. The Balaban J connectivity index is 0. The van der Waals surface area contributed by atoms with E-state index in [1.165, 1.54) is 134 Å². The monoisotopic (exact) mass is 627 g/mol. The molecule has 1 atom stereocenters. The van der Waals surface area contributed by atoms with Crippen LogP contribution in [0.1, 0.15) is 176 Å². The standard InChI is InChI=1S/C36H69NO2.BrH/c1-7-10-12-14-16-18-20-22-24-26-31-37(32-27-25-23-21-19-17-15-13-11-8-2)33-35(38)39-36(6,9-3)30-28-29-34(4)5;/h9,29H,3,7-8,10-28,30-33H2,1-2,4-6H3;1H. The van der Waals surface area contributed by atoms with Crippen molar-refractivity contribution in [2.24, 2.45) is 0 Å². The summed E-state index contributed by atoms with van der Waals surface area (Å²) in [6.45, 7) is 17.1. The van der Waals surface area contributed by atoms with Crippen LogP contribution in [0.4, 0.5) is 0 Å². The van der Waals surface area contributed by atoms with Crippen LogP contribution in [0.2, 0.25) is 0 Å². The van der Waals surface area contributed by atoms with Crippen molar-refractivity contribution in [3.05, 3.63) is 24.3 Å². The van der Waals surface area contributed by atoms with Gasteiger partial charge in [0.2, 0.25) is 0 Å². The van der Waals surface area contributed by atoms with Crippen LogP contribution in [-0.4, -0.2) is 36.1 Å². The summed E-state index contributed by atoms with van der Waals surface area (Å²) in [5, 5.41) is 0. The molecule has 0 aliphatic carbocycles. The van der Waals surface area contributed by atoms with Crippen molar-refractivity contribution in [2.45, 2.75) is 181 Å². The minimum atomic E-state index is -0.594. The van der Waals surface area contributed by atoms with Gasteiger partial charge in [-0.3, -0.25) is 9.69 Å². The molecule has 0 heterocycles. The minimum absolute atomic E-state index is 0. The zero-order valence-electron chi connectivity index (χ0n) is 27.7. The number of carbonyl (C=O) groups excluding carboxylic acids is 1. The van der Waals surface area contributed by atoms with Crippen LogP contribution >= 0.6 is 17.0 Å². The molecular weight excluding hydrogens is 558 g/mol. The zero-order valence-corrected chi connectivity index (χ0v) is 29.4. The molecule has 1 unspecified atom stereocenters. The number of ether oxygens (including phenoxy) is 1. The quantitative estimate of drug-likeness (QED) is 0.0469. The molecule has 0 rings (SSSR count). The van der Waals surface area contributed by atoms with Crippen molar-refractivity contribution in [3.8, 4) is 0 Å².